The summed E-state index contributed by atoms with van der Waals surface area (Å²) in [6.07, 6.45) is 2.21. The van der Waals surface area contributed by atoms with E-state index in [0.717, 1.165) is 30.8 Å². The maximum atomic E-state index is 11.2. The van der Waals surface area contributed by atoms with Crippen molar-refractivity contribution in [1.29, 1.82) is 0 Å². The molecule has 1 heterocycles. The van der Waals surface area contributed by atoms with Gasteiger partial charge in [0.25, 0.3) is 0 Å². The van der Waals surface area contributed by atoms with Crippen LogP contribution in [0.2, 0.25) is 0 Å². The minimum Gasteiger partial charge on any atom is -0.492 e. The van der Waals surface area contributed by atoms with Crippen molar-refractivity contribution < 1.29 is 14.3 Å². The molecule has 2 aromatic rings. The number of para-hydroxylation sites is 1. The smallest absolute Gasteiger partial charge is 0.246 e. The molecule has 0 aliphatic carbocycles. The summed E-state index contributed by atoms with van der Waals surface area (Å²) in [5.74, 6) is 0.377. The van der Waals surface area contributed by atoms with Crippen LogP contribution in [-0.2, 0) is 22.4 Å². The van der Waals surface area contributed by atoms with E-state index in [1.807, 2.05) is 24.3 Å². The fraction of sp³-hybridized carbons (Fsp3) is 0.381. The number of hydrogen-bond donors (Lipinski definition) is 1. The Hall–Kier alpha value is -2.53. The molecule has 0 bridgehead atoms. The van der Waals surface area contributed by atoms with Gasteiger partial charge < -0.3 is 20.1 Å². The van der Waals surface area contributed by atoms with E-state index in [1.165, 1.54) is 24.8 Å². The molecular formula is C21H26N2O3. The highest BCUT2D eigenvalue weighted by Crippen LogP contribution is 2.26. The number of carbonyl (C=O) groups is 1. The van der Waals surface area contributed by atoms with Gasteiger partial charge in [-0.2, -0.15) is 0 Å². The van der Waals surface area contributed by atoms with E-state index in [-0.39, 0.29) is 0 Å². The van der Waals surface area contributed by atoms with Gasteiger partial charge in [0.1, 0.15) is 18.5 Å². The number of carbonyl (C=O) groups excluding carboxylic acids is 1. The molecule has 1 atom stereocenters. The SMILES string of the molecule is COC(Cc1ccc(OCCN2CCCc3ccccc32)cc1)C(N)=O. The van der Waals surface area contributed by atoms with Crippen molar-refractivity contribution in [2.45, 2.75) is 25.4 Å². The van der Waals surface area contributed by atoms with Gasteiger partial charge in [-0.15, -0.1) is 0 Å². The molecule has 0 fully saturated rings. The van der Waals surface area contributed by atoms with Crippen LogP contribution in [0.25, 0.3) is 0 Å². The summed E-state index contributed by atoms with van der Waals surface area (Å²) in [6, 6.07) is 16.3. The average Bonchev–Trinajstić information content (AvgIpc) is 2.67. The van der Waals surface area contributed by atoms with Crippen molar-refractivity contribution in [3.8, 4) is 5.75 Å². The molecule has 0 saturated carbocycles. The maximum absolute atomic E-state index is 11.2. The Bertz CT molecular complexity index is 730. The highest BCUT2D eigenvalue weighted by molar-refractivity contribution is 5.79. The quantitative estimate of drug-likeness (QED) is 0.791. The largest absolute Gasteiger partial charge is 0.492 e. The number of fused-ring (bicyclic) bond motifs is 1. The molecule has 2 aromatic carbocycles. The molecule has 3 rings (SSSR count). The lowest BCUT2D eigenvalue weighted by atomic mass is 10.0. The third kappa shape index (κ3) is 4.55. The van der Waals surface area contributed by atoms with Crippen LogP contribution in [0.4, 0.5) is 5.69 Å². The molecule has 26 heavy (non-hydrogen) atoms. The Morgan fingerprint density at radius 2 is 1.96 bits per heavy atom. The summed E-state index contributed by atoms with van der Waals surface area (Å²) < 4.78 is 11.0. The normalized spacial score (nSPS) is 14.6. The zero-order valence-electron chi connectivity index (χ0n) is 15.2. The molecule has 5 nitrogen and oxygen atoms in total. The fourth-order valence-electron chi connectivity index (χ4n) is 3.35. The second-order valence-electron chi connectivity index (χ2n) is 6.54. The topological polar surface area (TPSA) is 64.8 Å². The summed E-state index contributed by atoms with van der Waals surface area (Å²) in [7, 11) is 1.49. The predicted octanol–water partition coefficient (Wildman–Crippen LogP) is 2.56. The van der Waals surface area contributed by atoms with Crippen molar-refractivity contribution in [3.05, 3.63) is 59.7 Å². The van der Waals surface area contributed by atoms with Crippen molar-refractivity contribution in [3.63, 3.8) is 0 Å². The number of benzene rings is 2. The van der Waals surface area contributed by atoms with Gasteiger partial charge in [-0.3, -0.25) is 4.79 Å². The Morgan fingerprint density at radius 3 is 2.69 bits per heavy atom. The number of rotatable bonds is 8. The molecule has 0 radical (unpaired) electrons. The number of amides is 1. The van der Waals surface area contributed by atoms with Crippen LogP contribution >= 0.6 is 0 Å². The van der Waals surface area contributed by atoms with Crippen LogP contribution < -0.4 is 15.4 Å². The number of primary amides is 1. The van der Waals surface area contributed by atoms with Crippen LogP contribution in [0.1, 0.15) is 17.5 Å². The van der Waals surface area contributed by atoms with Gasteiger partial charge in [-0.1, -0.05) is 30.3 Å². The molecule has 1 aliphatic rings. The van der Waals surface area contributed by atoms with Gasteiger partial charge in [0.2, 0.25) is 5.91 Å². The number of methoxy groups -OCH3 is 1. The number of anilines is 1. The first kappa shape index (κ1) is 18.3. The Labute approximate surface area is 154 Å². The number of nitrogens with two attached hydrogens (primary N) is 1. The number of hydrogen-bond acceptors (Lipinski definition) is 4. The minimum atomic E-state index is -0.596. The first-order valence-electron chi connectivity index (χ1n) is 9.04. The molecule has 1 aliphatic heterocycles. The van der Waals surface area contributed by atoms with E-state index in [4.69, 9.17) is 15.2 Å². The van der Waals surface area contributed by atoms with Crippen LogP contribution in [0.3, 0.4) is 0 Å². The van der Waals surface area contributed by atoms with Gasteiger partial charge >= 0.3 is 0 Å². The highest BCUT2D eigenvalue weighted by atomic mass is 16.5. The van der Waals surface area contributed by atoms with Crippen molar-refractivity contribution in [2.24, 2.45) is 5.73 Å². The molecule has 0 saturated heterocycles. The highest BCUT2D eigenvalue weighted by Gasteiger charge is 2.16. The standard InChI is InChI=1S/C21H26N2O3/c1-25-20(21(22)24)15-16-8-10-18(11-9-16)26-14-13-23-12-4-6-17-5-2-3-7-19(17)23/h2-3,5,7-11,20H,4,6,12-15H2,1H3,(H2,22,24). The monoisotopic (exact) mass is 354 g/mol. The Morgan fingerprint density at radius 1 is 1.19 bits per heavy atom. The first-order valence-corrected chi connectivity index (χ1v) is 9.04. The second-order valence-corrected chi connectivity index (χ2v) is 6.54. The van der Waals surface area contributed by atoms with E-state index in [2.05, 4.69) is 29.2 Å². The second kappa shape index (κ2) is 8.72. The van der Waals surface area contributed by atoms with E-state index in [9.17, 15) is 4.79 Å². The van der Waals surface area contributed by atoms with E-state index in [1.54, 1.807) is 0 Å². The summed E-state index contributed by atoms with van der Waals surface area (Å²) in [5, 5.41) is 0. The first-order chi connectivity index (χ1) is 12.7. The maximum Gasteiger partial charge on any atom is 0.246 e. The molecular weight excluding hydrogens is 328 g/mol. The predicted molar refractivity (Wildman–Crippen MR) is 103 cm³/mol. The third-order valence-corrected chi connectivity index (χ3v) is 4.78. The van der Waals surface area contributed by atoms with Gasteiger partial charge in [-0.05, 0) is 42.2 Å². The van der Waals surface area contributed by atoms with Crippen LogP contribution in [0, 0.1) is 0 Å². The third-order valence-electron chi connectivity index (χ3n) is 4.78. The zero-order valence-corrected chi connectivity index (χ0v) is 15.2. The zero-order chi connectivity index (χ0) is 18.4. The number of ether oxygens (including phenoxy) is 2. The van der Waals surface area contributed by atoms with Crippen molar-refractivity contribution in [1.82, 2.24) is 0 Å². The minimum absolute atomic E-state index is 0.449. The van der Waals surface area contributed by atoms with E-state index < -0.39 is 12.0 Å². The van der Waals surface area contributed by atoms with E-state index >= 15 is 0 Å². The van der Waals surface area contributed by atoms with Crippen LogP contribution in [0.15, 0.2) is 48.5 Å². The average molecular weight is 354 g/mol. The molecule has 5 heteroatoms. The van der Waals surface area contributed by atoms with Crippen molar-refractivity contribution >= 4 is 11.6 Å². The van der Waals surface area contributed by atoms with Crippen LogP contribution in [0.5, 0.6) is 5.75 Å². The number of nitrogens with zero attached hydrogens (tertiary/aromatic N) is 1. The molecule has 0 spiro atoms. The van der Waals surface area contributed by atoms with Gasteiger partial charge in [0.15, 0.2) is 0 Å². The van der Waals surface area contributed by atoms with Crippen LogP contribution in [-0.4, -0.2) is 38.8 Å². The Balaban J connectivity index is 1.51. The molecule has 1 amide bonds. The van der Waals surface area contributed by atoms with Gasteiger partial charge in [0, 0.05) is 25.8 Å². The van der Waals surface area contributed by atoms with E-state index in [0.29, 0.717) is 13.0 Å². The molecule has 138 valence electrons. The summed E-state index contributed by atoms with van der Waals surface area (Å²) in [5.41, 5.74) is 9.05. The molecule has 1 unspecified atom stereocenters. The summed E-state index contributed by atoms with van der Waals surface area (Å²) in [6.45, 7) is 2.58. The summed E-state index contributed by atoms with van der Waals surface area (Å²) >= 11 is 0. The summed E-state index contributed by atoms with van der Waals surface area (Å²) in [4.78, 5) is 13.6. The molecule has 2 N–H and O–H groups in total. The fourth-order valence-corrected chi connectivity index (χ4v) is 3.35. The van der Waals surface area contributed by atoms with Crippen molar-refractivity contribution in [2.75, 3.05) is 31.7 Å². The lowest BCUT2D eigenvalue weighted by molar-refractivity contribution is -0.127. The lowest BCUT2D eigenvalue weighted by Gasteiger charge is -2.31. The van der Waals surface area contributed by atoms with Gasteiger partial charge in [-0.25, -0.2) is 0 Å². The Kier molecular flexibility index (Phi) is 6.12. The molecule has 0 aromatic heterocycles. The van der Waals surface area contributed by atoms with Gasteiger partial charge in [0.05, 0.1) is 6.54 Å². The lowest BCUT2D eigenvalue weighted by Crippen LogP contribution is -2.33. The number of aryl methyl sites for hydroxylation is 1.